The fourth-order valence-corrected chi connectivity index (χ4v) is 2.03. The van der Waals surface area contributed by atoms with Gasteiger partial charge in [0.25, 0.3) is 0 Å². The van der Waals surface area contributed by atoms with E-state index in [9.17, 15) is 0 Å². The van der Waals surface area contributed by atoms with E-state index in [1.165, 1.54) is 0 Å². The summed E-state index contributed by atoms with van der Waals surface area (Å²) in [5, 5.41) is 8.19. The lowest BCUT2D eigenvalue weighted by Crippen LogP contribution is -2.31. The van der Waals surface area contributed by atoms with E-state index in [2.05, 4.69) is 24.3 Å². The summed E-state index contributed by atoms with van der Waals surface area (Å²) in [6.07, 6.45) is 1.72. The van der Waals surface area contributed by atoms with Crippen LogP contribution in [0.3, 0.4) is 0 Å². The van der Waals surface area contributed by atoms with Gasteiger partial charge in [0, 0.05) is 13.2 Å². The van der Waals surface area contributed by atoms with Crippen molar-refractivity contribution < 1.29 is 4.74 Å². The number of aromatic nitrogens is 2. The Bertz CT molecular complexity index is 338. The van der Waals surface area contributed by atoms with Crippen molar-refractivity contribution in [2.24, 2.45) is 0 Å². The number of ether oxygens (including phenoxy) is 1. The van der Waals surface area contributed by atoms with Crippen LogP contribution in [0.1, 0.15) is 38.5 Å². The Morgan fingerprint density at radius 3 is 2.50 bits per heavy atom. The van der Waals surface area contributed by atoms with Crippen LogP contribution in [0.15, 0.2) is 6.20 Å². The van der Waals surface area contributed by atoms with Crippen molar-refractivity contribution in [3.05, 3.63) is 16.9 Å². The van der Waals surface area contributed by atoms with Gasteiger partial charge in [-0.15, -0.1) is 0 Å². The van der Waals surface area contributed by atoms with Gasteiger partial charge >= 0.3 is 0 Å². The van der Waals surface area contributed by atoms with Gasteiger partial charge in [0.2, 0.25) is 0 Å². The van der Waals surface area contributed by atoms with Crippen molar-refractivity contribution in [1.29, 1.82) is 0 Å². The lowest BCUT2D eigenvalue weighted by atomic mass is 10.1. The summed E-state index contributed by atoms with van der Waals surface area (Å²) < 4.78 is 7.28. The lowest BCUT2D eigenvalue weighted by molar-refractivity contribution is 0.0823. The van der Waals surface area contributed by atoms with Crippen LogP contribution in [0, 0.1) is 0 Å². The zero-order valence-corrected chi connectivity index (χ0v) is 11.2. The first-order valence-electron chi connectivity index (χ1n) is 5.45. The second-order valence-electron chi connectivity index (χ2n) is 4.12. The lowest BCUT2D eigenvalue weighted by Gasteiger charge is -2.25. The Labute approximate surface area is 102 Å². The SMILES string of the molecule is CNC(c1c(Cl)cnn1C(C)C)C(C)OC. The molecule has 0 amide bonds. The molecule has 1 rings (SSSR count). The van der Waals surface area contributed by atoms with Gasteiger partial charge in [-0.05, 0) is 27.8 Å². The van der Waals surface area contributed by atoms with Gasteiger partial charge in [-0.25, -0.2) is 0 Å². The second kappa shape index (κ2) is 5.66. The summed E-state index contributed by atoms with van der Waals surface area (Å²) in [5.74, 6) is 0. The molecule has 1 heterocycles. The Morgan fingerprint density at radius 1 is 1.44 bits per heavy atom. The molecule has 0 aliphatic carbocycles. The highest BCUT2D eigenvalue weighted by Crippen LogP contribution is 2.28. The summed E-state index contributed by atoms with van der Waals surface area (Å²) >= 11 is 6.18. The largest absolute Gasteiger partial charge is 0.380 e. The minimum absolute atomic E-state index is 0.0386. The van der Waals surface area contributed by atoms with Crippen molar-refractivity contribution in [3.63, 3.8) is 0 Å². The van der Waals surface area contributed by atoms with Gasteiger partial charge in [-0.2, -0.15) is 5.10 Å². The fourth-order valence-electron chi connectivity index (χ4n) is 1.78. The fraction of sp³-hybridized carbons (Fsp3) is 0.727. The highest BCUT2D eigenvalue weighted by Gasteiger charge is 2.25. The summed E-state index contributed by atoms with van der Waals surface area (Å²) in [4.78, 5) is 0. The highest BCUT2D eigenvalue weighted by atomic mass is 35.5. The zero-order valence-electron chi connectivity index (χ0n) is 10.5. The molecule has 0 aliphatic heterocycles. The van der Waals surface area contributed by atoms with Crippen molar-refractivity contribution in [2.45, 2.75) is 39.0 Å². The molecule has 92 valence electrons. The van der Waals surface area contributed by atoms with Gasteiger partial charge in [-0.1, -0.05) is 11.6 Å². The predicted octanol–water partition coefficient (Wildman–Crippen LogP) is 2.41. The van der Waals surface area contributed by atoms with Crippen molar-refractivity contribution in [2.75, 3.05) is 14.2 Å². The molecule has 0 radical (unpaired) electrons. The molecule has 1 aromatic rings. The number of nitrogens with zero attached hydrogens (tertiary/aromatic N) is 2. The summed E-state index contributed by atoms with van der Waals surface area (Å²) in [6, 6.07) is 0.324. The maximum atomic E-state index is 6.18. The van der Waals surface area contributed by atoms with Gasteiger partial charge in [0.05, 0.1) is 29.1 Å². The normalized spacial score (nSPS) is 15.4. The standard InChI is InChI=1S/C11H20ClN3O/c1-7(2)15-11(9(12)6-14-15)10(13-4)8(3)16-5/h6-8,10,13H,1-5H3. The summed E-state index contributed by atoms with van der Waals surface area (Å²) in [6.45, 7) is 6.17. The zero-order chi connectivity index (χ0) is 12.3. The molecule has 1 aromatic heterocycles. The second-order valence-corrected chi connectivity index (χ2v) is 4.53. The Morgan fingerprint density at radius 2 is 2.06 bits per heavy atom. The maximum absolute atomic E-state index is 6.18. The molecule has 0 bridgehead atoms. The summed E-state index contributed by atoms with van der Waals surface area (Å²) in [5.41, 5.74) is 0.980. The molecular weight excluding hydrogens is 226 g/mol. The molecule has 2 atom stereocenters. The molecule has 0 aromatic carbocycles. The van der Waals surface area contributed by atoms with Crippen LogP contribution in [0.5, 0.6) is 0 Å². The van der Waals surface area contributed by atoms with E-state index in [1.54, 1.807) is 13.3 Å². The minimum Gasteiger partial charge on any atom is -0.380 e. The summed E-state index contributed by atoms with van der Waals surface area (Å²) in [7, 11) is 3.59. The number of likely N-dealkylation sites (N-methyl/N-ethyl adjacent to an activating group) is 1. The molecule has 1 N–H and O–H groups in total. The molecule has 0 saturated carbocycles. The van der Waals surface area contributed by atoms with E-state index < -0.39 is 0 Å². The molecule has 0 fully saturated rings. The van der Waals surface area contributed by atoms with E-state index in [0.29, 0.717) is 5.02 Å². The van der Waals surface area contributed by atoms with E-state index in [1.807, 2.05) is 18.7 Å². The first-order valence-corrected chi connectivity index (χ1v) is 5.83. The Hall–Kier alpha value is -0.580. The highest BCUT2D eigenvalue weighted by molar-refractivity contribution is 6.31. The van der Waals surface area contributed by atoms with Gasteiger partial charge in [0.1, 0.15) is 0 Å². The first-order chi connectivity index (χ1) is 7.52. The molecular formula is C11H20ClN3O. The van der Waals surface area contributed by atoms with Crippen LogP contribution in [-0.4, -0.2) is 30.0 Å². The third-order valence-electron chi connectivity index (χ3n) is 2.72. The number of rotatable bonds is 5. The van der Waals surface area contributed by atoms with Gasteiger partial charge < -0.3 is 10.1 Å². The Kier molecular flexibility index (Phi) is 4.77. The van der Waals surface area contributed by atoms with Crippen molar-refractivity contribution in [3.8, 4) is 0 Å². The van der Waals surface area contributed by atoms with Crippen LogP contribution in [0.4, 0.5) is 0 Å². The van der Waals surface area contributed by atoms with E-state index in [-0.39, 0.29) is 18.2 Å². The number of hydrogen-bond acceptors (Lipinski definition) is 3. The first kappa shape index (κ1) is 13.5. The van der Waals surface area contributed by atoms with Crippen LogP contribution in [0.25, 0.3) is 0 Å². The van der Waals surface area contributed by atoms with Crippen LogP contribution >= 0.6 is 11.6 Å². The molecule has 2 unspecified atom stereocenters. The van der Waals surface area contributed by atoms with Gasteiger partial charge in [-0.3, -0.25) is 4.68 Å². The third-order valence-corrected chi connectivity index (χ3v) is 3.01. The molecule has 0 aliphatic rings. The number of methoxy groups -OCH3 is 1. The molecule has 5 heteroatoms. The average molecular weight is 246 g/mol. The topological polar surface area (TPSA) is 39.1 Å². The molecule has 0 spiro atoms. The van der Waals surface area contributed by atoms with E-state index >= 15 is 0 Å². The molecule has 4 nitrogen and oxygen atoms in total. The van der Waals surface area contributed by atoms with Crippen molar-refractivity contribution in [1.82, 2.24) is 15.1 Å². The van der Waals surface area contributed by atoms with Crippen LogP contribution < -0.4 is 5.32 Å². The maximum Gasteiger partial charge on any atom is 0.0835 e. The Balaban J connectivity index is 3.12. The average Bonchev–Trinajstić information content (AvgIpc) is 2.62. The van der Waals surface area contributed by atoms with E-state index in [4.69, 9.17) is 16.3 Å². The molecule has 16 heavy (non-hydrogen) atoms. The number of hydrogen-bond donors (Lipinski definition) is 1. The smallest absolute Gasteiger partial charge is 0.0835 e. The van der Waals surface area contributed by atoms with Crippen LogP contribution in [-0.2, 0) is 4.74 Å². The predicted molar refractivity (Wildman–Crippen MR) is 65.9 cm³/mol. The number of nitrogens with one attached hydrogen (secondary N) is 1. The van der Waals surface area contributed by atoms with Gasteiger partial charge in [0.15, 0.2) is 0 Å². The molecule has 0 saturated heterocycles. The minimum atomic E-state index is 0.0386. The van der Waals surface area contributed by atoms with Crippen LogP contribution in [0.2, 0.25) is 5.02 Å². The quantitative estimate of drug-likeness (QED) is 0.866. The van der Waals surface area contributed by atoms with E-state index in [0.717, 1.165) is 5.69 Å². The number of halogens is 1. The van der Waals surface area contributed by atoms with Crippen molar-refractivity contribution >= 4 is 11.6 Å². The third kappa shape index (κ3) is 2.56. The monoisotopic (exact) mass is 245 g/mol.